The maximum Gasteiger partial charge on any atom is 0.226 e. The molecule has 0 spiro atoms. The molecule has 2 rings (SSSR count). The van der Waals surface area contributed by atoms with Gasteiger partial charge in [0.05, 0.1) is 0 Å². The zero-order valence-electron chi connectivity index (χ0n) is 11.7. The molecule has 0 unspecified atom stereocenters. The van der Waals surface area contributed by atoms with E-state index in [-0.39, 0.29) is 0 Å². The minimum atomic E-state index is 0.581. The first kappa shape index (κ1) is 13.1. The molecular weight excluding hydrogens is 224 g/mol. The Labute approximate surface area is 110 Å². The molecule has 0 saturated heterocycles. The summed E-state index contributed by atoms with van der Waals surface area (Å²) in [6, 6.07) is 2.54. The summed E-state index contributed by atoms with van der Waals surface area (Å²) in [5.41, 5.74) is 0. The third kappa shape index (κ3) is 3.34. The quantitative estimate of drug-likeness (QED) is 0.889. The fraction of sp³-hybridized carbons (Fsp3) is 0.714. The maximum atomic E-state index is 4.51. The second-order valence-corrected chi connectivity index (χ2v) is 5.41. The van der Waals surface area contributed by atoms with Crippen molar-refractivity contribution in [1.82, 2.24) is 9.97 Å². The maximum absolute atomic E-state index is 4.51. The number of hydrogen-bond donors (Lipinski definition) is 1. The van der Waals surface area contributed by atoms with Crippen molar-refractivity contribution < 1.29 is 0 Å². The lowest BCUT2D eigenvalue weighted by atomic mass is 9.84. The van der Waals surface area contributed by atoms with Crippen molar-refractivity contribution in [2.24, 2.45) is 5.92 Å². The average molecular weight is 248 g/mol. The monoisotopic (exact) mass is 248 g/mol. The Kier molecular flexibility index (Phi) is 4.39. The molecule has 1 aromatic heterocycles. The van der Waals surface area contributed by atoms with Crippen LogP contribution in [-0.4, -0.2) is 30.1 Å². The summed E-state index contributed by atoms with van der Waals surface area (Å²) in [5.74, 6) is 2.65. The second-order valence-electron chi connectivity index (χ2n) is 5.41. The zero-order valence-corrected chi connectivity index (χ0v) is 11.7. The van der Waals surface area contributed by atoms with E-state index in [0.29, 0.717) is 6.04 Å². The van der Waals surface area contributed by atoms with Crippen LogP contribution in [0.3, 0.4) is 0 Å². The van der Waals surface area contributed by atoms with Gasteiger partial charge in [-0.05, 0) is 37.7 Å². The predicted octanol–water partition coefficient (Wildman–Crippen LogP) is 2.92. The minimum absolute atomic E-state index is 0.581. The molecule has 1 fully saturated rings. The number of nitrogens with one attached hydrogen (secondary N) is 1. The minimum Gasteiger partial charge on any atom is -0.367 e. The van der Waals surface area contributed by atoms with Gasteiger partial charge in [0.15, 0.2) is 0 Å². The molecule has 100 valence electrons. The van der Waals surface area contributed by atoms with Gasteiger partial charge in [0.2, 0.25) is 5.95 Å². The van der Waals surface area contributed by atoms with Gasteiger partial charge in [0, 0.05) is 26.3 Å². The number of aromatic nitrogens is 2. The number of hydrogen-bond acceptors (Lipinski definition) is 4. The molecule has 0 atom stereocenters. The topological polar surface area (TPSA) is 41.1 Å². The molecule has 0 amide bonds. The largest absolute Gasteiger partial charge is 0.367 e. The molecular formula is C14H24N4. The van der Waals surface area contributed by atoms with Crippen LogP contribution in [0.5, 0.6) is 0 Å². The number of rotatable bonds is 4. The molecule has 0 aromatic carbocycles. The van der Waals surface area contributed by atoms with E-state index in [1.807, 2.05) is 31.3 Å². The number of anilines is 2. The van der Waals surface area contributed by atoms with Gasteiger partial charge in [-0.15, -0.1) is 0 Å². The summed E-state index contributed by atoms with van der Waals surface area (Å²) in [6.07, 6.45) is 8.37. The van der Waals surface area contributed by atoms with E-state index in [0.717, 1.165) is 17.7 Å². The molecule has 4 heteroatoms. The Hall–Kier alpha value is -1.32. The van der Waals surface area contributed by atoms with E-state index < -0.39 is 0 Å². The first-order valence-electron chi connectivity index (χ1n) is 6.96. The molecule has 1 aromatic rings. The molecule has 4 nitrogen and oxygen atoms in total. The van der Waals surface area contributed by atoms with E-state index in [9.17, 15) is 0 Å². The first-order chi connectivity index (χ1) is 8.69. The van der Waals surface area contributed by atoms with Gasteiger partial charge in [0.25, 0.3) is 0 Å². The van der Waals surface area contributed by atoms with Crippen LogP contribution >= 0.6 is 0 Å². The summed E-state index contributed by atoms with van der Waals surface area (Å²) in [4.78, 5) is 10.7. The van der Waals surface area contributed by atoms with Crippen LogP contribution in [0.25, 0.3) is 0 Å². The van der Waals surface area contributed by atoms with Gasteiger partial charge < -0.3 is 10.2 Å². The highest BCUT2D eigenvalue weighted by Crippen LogP contribution is 2.28. The summed E-state index contributed by atoms with van der Waals surface area (Å²) < 4.78 is 0. The van der Waals surface area contributed by atoms with Crippen LogP contribution in [0, 0.1) is 5.92 Å². The lowest BCUT2D eigenvalue weighted by Crippen LogP contribution is -2.26. The molecule has 0 radical (unpaired) electrons. The van der Waals surface area contributed by atoms with Crippen molar-refractivity contribution in [3.8, 4) is 0 Å². The molecule has 1 aliphatic carbocycles. The molecule has 18 heavy (non-hydrogen) atoms. The fourth-order valence-electron chi connectivity index (χ4n) is 2.57. The van der Waals surface area contributed by atoms with Crippen LogP contribution in [0.4, 0.5) is 11.8 Å². The Morgan fingerprint density at radius 3 is 2.61 bits per heavy atom. The van der Waals surface area contributed by atoms with E-state index in [1.54, 1.807) is 0 Å². The highest BCUT2D eigenvalue weighted by molar-refractivity contribution is 5.41. The fourth-order valence-corrected chi connectivity index (χ4v) is 2.57. The predicted molar refractivity (Wildman–Crippen MR) is 76.0 cm³/mol. The van der Waals surface area contributed by atoms with Gasteiger partial charge in [0.1, 0.15) is 5.82 Å². The zero-order chi connectivity index (χ0) is 13.0. The SMILES string of the molecule is CCC1CCC(Nc2ccnc(N(C)C)n2)CC1. The van der Waals surface area contributed by atoms with Crippen molar-refractivity contribution >= 4 is 11.8 Å². The molecule has 1 N–H and O–H groups in total. The van der Waals surface area contributed by atoms with Gasteiger partial charge in [-0.25, -0.2) is 4.98 Å². The van der Waals surface area contributed by atoms with E-state index in [2.05, 4.69) is 22.2 Å². The molecule has 1 saturated carbocycles. The van der Waals surface area contributed by atoms with E-state index >= 15 is 0 Å². The Balaban J connectivity index is 1.92. The standard InChI is InChI=1S/C14H24N4/c1-4-11-5-7-12(8-6-11)16-13-9-10-15-14(17-13)18(2)3/h9-12H,4-8H2,1-3H3,(H,15,16,17). The summed E-state index contributed by atoms with van der Waals surface area (Å²) in [7, 11) is 3.93. The van der Waals surface area contributed by atoms with Crippen LogP contribution in [0.15, 0.2) is 12.3 Å². The van der Waals surface area contributed by atoms with Crippen molar-refractivity contribution in [1.29, 1.82) is 0 Å². The van der Waals surface area contributed by atoms with Gasteiger partial charge in [-0.2, -0.15) is 4.98 Å². The molecule has 0 bridgehead atoms. The van der Waals surface area contributed by atoms with Crippen LogP contribution in [0.2, 0.25) is 0 Å². The van der Waals surface area contributed by atoms with E-state index in [1.165, 1.54) is 32.1 Å². The molecule has 0 aliphatic heterocycles. The smallest absolute Gasteiger partial charge is 0.226 e. The van der Waals surface area contributed by atoms with Crippen molar-refractivity contribution in [3.05, 3.63) is 12.3 Å². The van der Waals surface area contributed by atoms with Crippen LogP contribution in [0.1, 0.15) is 39.0 Å². The summed E-state index contributed by atoms with van der Waals surface area (Å²) in [6.45, 7) is 2.30. The lowest BCUT2D eigenvalue weighted by molar-refractivity contribution is 0.330. The van der Waals surface area contributed by atoms with Crippen LogP contribution < -0.4 is 10.2 Å². The lowest BCUT2D eigenvalue weighted by Gasteiger charge is -2.28. The van der Waals surface area contributed by atoms with E-state index in [4.69, 9.17) is 0 Å². The molecule has 1 aliphatic rings. The van der Waals surface area contributed by atoms with Gasteiger partial charge >= 0.3 is 0 Å². The Morgan fingerprint density at radius 2 is 2.00 bits per heavy atom. The van der Waals surface area contributed by atoms with Gasteiger partial charge in [-0.3, -0.25) is 0 Å². The Morgan fingerprint density at radius 1 is 1.28 bits per heavy atom. The van der Waals surface area contributed by atoms with Crippen molar-refractivity contribution in [2.45, 2.75) is 45.1 Å². The third-order valence-electron chi connectivity index (χ3n) is 3.82. The van der Waals surface area contributed by atoms with Crippen molar-refractivity contribution in [3.63, 3.8) is 0 Å². The van der Waals surface area contributed by atoms with Crippen LogP contribution in [-0.2, 0) is 0 Å². The normalized spacial score (nSPS) is 23.7. The first-order valence-corrected chi connectivity index (χ1v) is 6.96. The summed E-state index contributed by atoms with van der Waals surface area (Å²) >= 11 is 0. The summed E-state index contributed by atoms with van der Waals surface area (Å²) in [5, 5.41) is 3.54. The second kappa shape index (κ2) is 6.03. The third-order valence-corrected chi connectivity index (χ3v) is 3.82. The van der Waals surface area contributed by atoms with Gasteiger partial charge in [-0.1, -0.05) is 13.3 Å². The molecule has 1 heterocycles. The average Bonchev–Trinajstić information content (AvgIpc) is 2.40. The van der Waals surface area contributed by atoms with Crippen molar-refractivity contribution in [2.75, 3.05) is 24.3 Å². The Bertz CT molecular complexity index is 370. The number of nitrogens with zero attached hydrogens (tertiary/aromatic N) is 3. The highest BCUT2D eigenvalue weighted by Gasteiger charge is 2.20. The highest BCUT2D eigenvalue weighted by atomic mass is 15.2.